The largest absolute Gasteiger partial charge is 0.494 e. The van der Waals surface area contributed by atoms with Crippen LogP contribution in [0.2, 0.25) is 0 Å². The molecule has 0 unspecified atom stereocenters. The van der Waals surface area contributed by atoms with E-state index in [1.807, 2.05) is 0 Å². The summed E-state index contributed by atoms with van der Waals surface area (Å²) in [6.45, 7) is 0.202. The van der Waals surface area contributed by atoms with E-state index < -0.39 is 36.6 Å². The Kier molecular flexibility index (Phi) is 12.9. The van der Waals surface area contributed by atoms with Gasteiger partial charge in [-0.15, -0.1) is 0 Å². The minimum Gasteiger partial charge on any atom is -0.494 e. The fourth-order valence-corrected chi connectivity index (χ4v) is 3.44. The number of benzene rings is 2. The standard InChI is InChI=1S/C28H31F7O6/c1-2-3-4-5-6-7-8-9-18-38-22-14-10-20(11-15-22)24(36)40-23-16-12-21(13-17-23)25(37)41-39-19-26(29,30)27(31,32)28(33,34)35/h10-17H,2-9,18-19H2,1H3. The molecule has 0 heterocycles. The number of hydrogen-bond acceptors (Lipinski definition) is 6. The summed E-state index contributed by atoms with van der Waals surface area (Å²) in [6, 6.07) is 10.6. The van der Waals surface area contributed by atoms with E-state index in [0.29, 0.717) is 12.4 Å². The van der Waals surface area contributed by atoms with Crippen LogP contribution in [-0.2, 0) is 9.78 Å². The Morgan fingerprint density at radius 2 is 1.15 bits per heavy atom. The van der Waals surface area contributed by atoms with E-state index in [1.165, 1.54) is 50.7 Å². The van der Waals surface area contributed by atoms with E-state index in [2.05, 4.69) is 16.7 Å². The summed E-state index contributed by atoms with van der Waals surface area (Å²) in [5.41, 5.74) is -0.147. The second-order valence-electron chi connectivity index (χ2n) is 9.17. The van der Waals surface area contributed by atoms with Gasteiger partial charge in [-0.05, 0) is 55.0 Å². The van der Waals surface area contributed by atoms with Crippen LogP contribution in [0.15, 0.2) is 48.5 Å². The highest BCUT2D eigenvalue weighted by molar-refractivity contribution is 5.92. The fourth-order valence-electron chi connectivity index (χ4n) is 3.44. The number of unbranched alkanes of at least 4 members (excludes halogenated alkanes) is 7. The van der Waals surface area contributed by atoms with E-state index in [9.17, 15) is 40.3 Å². The Balaban J connectivity index is 1.75. The molecule has 6 nitrogen and oxygen atoms in total. The molecule has 228 valence electrons. The second-order valence-corrected chi connectivity index (χ2v) is 9.17. The van der Waals surface area contributed by atoms with Gasteiger partial charge in [-0.2, -0.15) is 35.6 Å². The first kappa shape index (κ1) is 33.9. The lowest BCUT2D eigenvalue weighted by Crippen LogP contribution is -2.54. The first-order valence-electron chi connectivity index (χ1n) is 13.0. The SMILES string of the molecule is CCCCCCCCCCOc1ccc(C(=O)Oc2ccc(C(=O)OOCC(F)(F)C(F)(F)C(F)(F)F)cc2)cc1. The van der Waals surface area contributed by atoms with Crippen molar-refractivity contribution >= 4 is 11.9 Å². The Morgan fingerprint density at radius 3 is 1.68 bits per heavy atom. The summed E-state index contributed by atoms with van der Waals surface area (Å²) in [5.74, 6) is -13.7. The molecule has 0 aromatic heterocycles. The zero-order valence-corrected chi connectivity index (χ0v) is 22.3. The van der Waals surface area contributed by atoms with E-state index >= 15 is 0 Å². The lowest BCUT2D eigenvalue weighted by Gasteiger charge is -2.27. The van der Waals surface area contributed by atoms with Crippen LogP contribution in [0.4, 0.5) is 30.7 Å². The van der Waals surface area contributed by atoms with Crippen molar-refractivity contribution in [3.63, 3.8) is 0 Å². The van der Waals surface area contributed by atoms with Gasteiger partial charge in [0.05, 0.1) is 17.7 Å². The molecule has 41 heavy (non-hydrogen) atoms. The van der Waals surface area contributed by atoms with Crippen LogP contribution in [0.3, 0.4) is 0 Å². The van der Waals surface area contributed by atoms with Gasteiger partial charge in [-0.3, -0.25) is 4.89 Å². The first-order chi connectivity index (χ1) is 19.3. The number of alkyl halides is 7. The summed E-state index contributed by atoms with van der Waals surface area (Å²) in [4.78, 5) is 31.7. The summed E-state index contributed by atoms with van der Waals surface area (Å²) < 4.78 is 99.2. The fraction of sp³-hybridized carbons (Fsp3) is 0.500. The van der Waals surface area contributed by atoms with Gasteiger partial charge >= 0.3 is 30.0 Å². The summed E-state index contributed by atoms with van der Waals surface area (Å²) >= 11 is 0. The van der Waals surface area contributed by atoms with Gasteiger partial charge in [0.2, 0.25) is 0 Å². The van der Waals surface area contributed by atoms with Crippen molar-refractivity contribution in [2.45, 2.75) is 76.3 Å². The number of hydrogen-bond donors (Lipinski definition) is 0. The molecule has 0 saturated carbocycles. The van der Waals surface area contributed by atoms with Crippen LogP contribution in [0.25, 0.3) is 0 Å². The summed E-state index contributed by atoms with van der Waals surface area (Å²) in [6.07, 6.45) is 2.87. The minimum absolute atomic E-state index is 0.0150. The first-order valence-corrected chi connectivity index (χ1v) is 13.0. The predicted octanol–water partition coefficient (Wildman–Crippen LogP) is 8.35. The molecule has 0 bridgehead atoms. The molecule has 0 fully saturated rings. The highest BCUT2D eigenvalue weighted by Gasteiger charge is 2.73. The molecular weight excluding hydrogens is 565 g/mol. The van der Waals surface area contributed by atoms with Gasteiger partial charge in [0.25, 0.3) is 0 Å². The maximum absolute atomic E-state index is 13.2. The maximum Gasteiger partial charge on any atom is 0.459 e. The predicted molar refractivity (Wildman–Crippen MR) is 133 cm³/mol. The van der Waals surface area contributed by atoms with Gasteiger partial charge in [0.1, 0.15) is 11.5 Å². The molecule has 2 aromatic rings. The Bertz CT molecular complexity index is 1090. The van der Waals surface area contributed by atoms with Crippen molar-refractivity contribution in [1.82, 2.24) is 0 Å². The van der Waals surface area contributed by atoms with Gasteiger partial charge in [-0.25, -0.2) is 9.59 Å². The molecule has 0 atom stereocenters. The number of carbonyl (C=O) groups excluding carboxylic acids is 2. The summed E-state index contributed by atoms with van der Waals surface area (Å²) in [5, 5.41) is 0. The molecule has 0 aliphatic carbocycles. The molecule has 13 heteroatoms. The van der Waals surface area contributed by atoms with Crippen molar-refractivity contribution in [1.29, 1.82) is 0 Å². The third-order valence-electron chi connectivity index (χ3n) is 5.85. The van der Waals surface area contributed by atoms with Crippen LogP contribution in [0.1, 0.15) is 79.0 Å². The molecule has 0 aliphatic heterocycles. The van der Waals surface area contributed by atoms with Crippen LogP contribution >= 0.6 is 0 Å². The highest BCUT2D eigenvalue weighted by atomic mass is 19.4. The lowest BCUT2D eigenvalue weighted by molar-refractivity contribution is -0.382. The van der Waals surface area contributed by atoms with Crippen LogP contribution < -0.4 is 9.47 Å². The van der Waals surface area contributed by atoms with Crippen LogP contribution in [0.5, 0.6) is 11.5 Å². The summed E-state index contributed by atoms with van der Waals surface area (Å²) in [7, 11) is 0. The van der Waals surface area contributed by atoms with E-state index in [-0.39, 0.29) is 16.9 Å². The molecule has 0 radical (unpaired) electrons. The molecule has 2 rings (SSSR count). The van der Waals surface area contributed by atoms with Gasteiger partial charge < -0.3 is 9.47 Å². The second kappa shape index (κ2) is 15.6. The molecule has 0 amide bonds. The van der Waals surface area contributed by atoms with Crippen molar-refractivity contribution in [2.24, 2.45) is 0 Å². The Morgan fingerprint density at radius 1 is 0.659 bits per heavy atom. The quantitative estimate of drug-likeness (QED) is 0.0457. The van der Waals surface area contributed by atoms with Gasteiger partial charge in [0, 0.05) is 0 Å². The van der Waals surface area contributed by atoms with Crippen LogP contribution in [-0.4, -0.2) is 43.2 Å². The highest BCUT2D eigenvalue weighted by Crippen LogP contribution is 2.46. The van der Waals surface area contributed by atoms with Gasteiger partial charge in [0.15, 0.2) is 6.61 Å². The maximum atomic E-state index is 13.2. The van der Waals surface area contributed by atoms with E-state index in [0.717, 1.165) is 37.1 Å². The van der Waals surface area contributed by atoms with Crippen molar-refractivity contribution in [3.05, 3.63) is 59.7 Å². The van der Waals surface area contributed by atoms with Crippen molar-refractivity contribution in [2.75, 3.05) is 13.2 Å². The molecular formula is C28H31F7O6. The molecule has 0 aliphatic rings. The third kappa shape index (κ3) is 10.5. The third-order valence-corrected chi connectivity index (χ3v) is 5.85. The van der Waals surface area contributed by atoms with E-state index in [4.69, 9.17) is 9.47 Å². The lowest BCUT2D eigenvalue weighted by atomic mass is 10.1. The zero-order chi connectivity index (χ0) is 30.5. The number of halogens is 7. The van der Waals surface area contributed by atoms with Crippen molar-refractivity contribution < 1.29 is 59.6 Å². The smallest absolute Gasteiger partial charge is 0.459 e. The molecule has 0 saturated heterocycles. The number of carbonyl (C=O) groups is 2. The average Bonchev–Trinajstić information content (AvgIpc) is 2.92. The molecule has 0 spiro atoms. The Hall–Kier alpha value is -3.35. The van der Waals surface area contributed by atoms with Crippen molar-refractivity contribution in [3.8, 4) is 11.5 Å². The number of rotatable bonds is 17. The average molecular weight is 597 g/mol. The van der Waals surface area contributed by atoms with Crippen LogP contribution in [0, 0.1) is 0 Å². The van der Waals surface area contributed by atoms with E-state index in [1.54, 1.807) is 12.1 Å². The van der Waals surface area contributed by atoms with Gasteiger partial charge in [-0.1, -0.05) is 51.9 Å². The monoisotopic (exact) mass is 596 g/mol. The number of esters is 1. The Labute approximate surface area is 232 Å². The minimum atomic E-state index is -6.54. The number of ether oxygens (including phenoxy) is 2. The normalized spacial score (nSPS) is 12.2. The molecule has 0 N–H and O–H groups in total. The topological polar surface area (TPSA) is 71.1 Å². The zero-order valence-electron chi connectivity index (χ0n) is 22.3. The molecule has 2 aromatic carbocycles.